The summed E-state index contributed by atoms with van der Waals surface area (Å²) in [4.78, 5) is 31.4. The summed E-state index contributed by atoms with van der Waals surface area (Å²) in [5.41, 5.74) is 0.0962. The third-order valence-electron chi connectivity index (χ3n) is 5.72. The quantitative estimate of drug-likeness (QED) is 0.496. The minimum Gasteiger partial charge on any atom is -0.421 e. The van der Waals surface area contributed by atoms with Crippen LogP contribution in [0.5, 0.6) is 0 Å². The lowest BCUT2D eigenvalue weighted by atomic mass is 9.97. The largest absolute Gasteiger partial charge is 0.421 e. The number of aromatic nitrogens is 4. The van der Waals surface area contributed by atoms with Gasteiger partial charge in [-0.3, -0.25) is 9.36 Å². The van der Waals surface area contributed by atoms with Gasteiger partial charge in [-0.1, -0.05) is 18.2 Å². The number of anilines is 2. The molecule has 9 heteroatoms. The Hall–Kier alpha value is -4.01. The fourth-order valence-electron chi connectivity index (χ4n) is 4.02. The van der Waals surface area contributed by atoms with E-state index in [0.29, 0.717) is 23.8 Å². The SMILES string of the molecule is Cc1nccn1-c1ccc(N2CCCC(C(=O)Nc3cc4ccccc4oc3=O)C2)nn1. The van der Waals surface area contributed by atoms with Crippen molar-refractivity contribution in [1.29, 1.82) is 0 Å². The van der Waals surface area contributed by atoms with E-state index in [4.69, 9.17) is 4.42 Å². The number of hydrogen-bond donors (Lipinski definition) is 1. The molecule has 32 heavy (non-hydrogen) atoms. The summed E-state index contributed by atoms with van der Waals surface area (Å²) < 4.78 is 7.18. The predicted molar refractivity (Wildman–Crippen MR) is 120 cm³/mol. The second-order valence-corrected chi connectivity index (χ2v) is 7.85. The lowest BCUT2D eigenvalue weighted by Crippen LogP contribution is -2.41. The molecular weight excluding hydrogens is 408 g/mol. The number of piperidine rings is 1. The Labute approximate surface area is 183 Å². The Morgan fingerprint density at radius 2 is 1.97 bits per heavy atom. The number of fused-ring (bicyclic) bond motifs is 1. The van der Waals surface area contributed by atoms with Crippen LogP contribution in [0.25, 0.3) is 16.8 Å². The first-order chi connectivity index (χ1) is 15.6. The first-order valence-electron chi connectivity index (χ1n) is 10.5. The van der Waals surface area contributed by atoms with Crippen molar-refractivity contribution in [2.24, 2.45) is 5.92 Å². The van der Waals surface area contributed by atoms with E-state index in [1.165, 1.54) is 0 Å². The molecule has 4 aromatic rings. The number of aryl methyl sites for hydroxylation is 1. The number of amides is 1. The number of rotatable bonds is 4. The van der Waals surface area contributed by atoms with Crippen LogP contribution >= 0.6 is 0 Å². The molecule has 0 spiro atoms. The Kier molecular flexibility index (Phi) is 5.14. The average Bonchev–Trinajstić information content (AvgIpc) is 3.25. The van der Waals surface area contributed by atoms with Crippen molar-refractivity contribution in [3.05, 3.63) is 71.1 Å². The molecule has 1 amide bonds. The van der Waals surface area contributed by atoms with Gasteiger partial charge in [0.25, 0.3) is 0 Å². The van der Waals surface area contributed by atoms with E-state index in [0.717, 1.165) is 30.6 Å². The van der Waals surface area contributed by atoms with Crippen molar-refractivity contribution in [2.75, 3.05) is 23.3 Å². The molecule has 9 nitrogen and oxygen atoms in total. The Morgan fingerprint density at radius 1 is 1.16 bits per heavy atom. The van der Waals surface area contributed by atoms with Crippen LogP contribution in [0.3, 0.4) is 0 Å². The maximum atomic E-state index is 12.9. The maximum absolute atomic E-state index is 12.9. The Bertz CT molecular complexity index is 1330. The molecular formula is C23H22N6O3. The first kappa shape index (κ1) is 19.9. The van der Waals surface area contributed by atoms with E-state index in [-0.39, 0.29) is 17.5 Å². The van der Waals surface area contributed by atoms with Crippen molar-refractivity contribution in [1.82, 2.24) is 19.7 Å². The number of imidazole rings is 1. The zero-order valence-corrected chi connectivity index (χ0v) is 17.6. The Balaban J connectivity index is 1.30. The zero-order valence-electron chi connectivity index (χ0n) is 17.6. The molecule has 1 N–H and O–H groups in total. The van der Waals surface area contributed by atoms with Gasteiger partial charge in [0.15, 0.2) is 11.6 Å². The Morgan fingerprint density at radius 3 is 2.75 bits per heavy atom. The van der Waals surface area contributed by atoms with E-state index in [2.05, 4.69) is 20.5 Å². The van der Waals surface area contributed by atoms with Crippen molar-refractivity contribution >= 4 is 28.4 Å². The monoisotopic (exact) mass is 430 g/mol. The highest BCUT2D eigenvalue weighted by atomic mass is 16.4. The van der Waals surface area contributed by atoms with Gasteiger partial charge < -0.3 is 14.6 Å². The molecule has 162 valence electrons. The molecule has 0 radical (unpaired) electrons. The van der Waals surface area contributed by atoms with Crippen LogP contribution in [0.2, 0.25) is 0 Å². The van der Waals surface area contributed by atoms with Crippen LogP contribution < -0.4 is 15.8 Å². The molecule has 1 saturated heterocycles. The topological polar surface area (TPSA) is 106 Å². The number of carbonyl (C=O) groups excluding carboxylic acids is 1. The van der Waals surface area contributed by atoms with Crippen LogP contribution in [-0.2, 0) is 4.79 Å². The van der Waals surface area contributed by atoms with Crippen LogP contribution in [0.4, 0.5) is 11.5 Å². The summed E-state index contributed by atoms with van der Waals surface area (Å²) in [6, 6.07) is 12.7. The van der Waals surface area contributed by atoms with Gasteiger partial charge >= 0.3 is 5.63 Å². The molecule has 1 atom stereocenters. The molecule has 1 aliphatic heterocycles. The summed E-state index contributed by atoms with van der Waals surface area (Å²) in [5, 5.41) is 12.2. The normalized spacial score (nSPS) is 16.3. The van der Waals surface area contributed by atoms with E-state index in [9.17, 15) is 9.59 Å². The number of benzene rings is 1. The zero-order chi connectivity index (χ0) is 22.1. The fraction of sp³-hybridized carbons (Fsp3) is 0.261. The summed E-state index contributed by atoms with van der Waals surface area (Å²) in [6.45, 7) is 3.20. The number of para-hydroxylation sites is 1. The van der Waals surface area contributed by atoms with Crippen LogP contribution in [0.15, 0.2) is 64.1 Å². The number of nitrogens with one attached hydrogen (secondary N) is 1. The summed E-state index contributed by atoms with van der Waals surface area (Å²) in [5.74, 6) is 1.77. The van der Waals surface area contributed by atoms with E-state index in [1.54, 1.807) is 24.4 Å². The highest BCUT2D eigenvalue weighted by molar-refractivity contribution is 5.94. The van der Waals surface area contributed by atoms with Gasteiger partial charge in [0.2, 0.25) is 5.91 Å². The molecule has 1 aliphatic rings. The molecule has 1 aromatic carbocycles. The minimum absolute atomic E-state index is 0.158. The molecule has 5 rings (SSSR count). The highest BCUT2D eigenvalue weighted by Crippen LogP contribution is 2.23. The fourth-order valence-corrected chi connectivity index (χ4v) is 4.02. The van der Waals surface area contributed by atoms with E-state index < -0.39 is 5.63 Å². The summed E-state index contributed by atoms with van der Waals surface area (Å²) in [7, 11) is 0. The first-order valence-corrected chi connectivity index (χ1v) is 10.5. The second-order valence-electron chi connectivity index (χ2n) is 7.85. The van der Waals surface area contributed by atoms with Crippen molar-refractivity contribution < 1.29 is 9.21 Å². The average molecular weight is 430 g/mol. The second kappa shape index (κ2) is 8.26. The molecule has 0 saturated carbocycles. The van der Waals surface area contributed by atoms with Crippen LogP contribution in [0, 0.1) is 12.8 Å². The molecule has 4 heterocycles. The van der Waals surface area contributed by atoms with Crippen molar-refractivity contribution in [3.63, 3.8) is 0 Å². The number of nitrogens with zero attached hydrogens (tertiary/aromatic N) is 5. The maximum Gasteiger partial charge on any atom is 0.360 e. The lowest BCUT2D eigenvalue weighted by Gasteiger charge is -2.32. The van der Waals surface area contributed by atoms with Gasteiger partial charge in [0.05, 0.1) is 5.92 Å². The molecule has 3 aromatic heterocycles. The highest BCUT2D eigenvalue weighted by Gasteiger charge is 2.27. The number of hydrogen-bond acceptors (Lipinski definition) is 7. The molecule has 1 fully saturated rings. The van der Waals surface area contributed by atoms with E-state index in [1.807, 2.05) is 46.9 Å². The van der Waals surface area contributed by atoms with Gasteiger partial charge in [-0.15, -0.1) is 10.2 Å². The van der Waals surface area contributed by atoms with E-state index >= 15 is 0 Å². The smallest absolute Gasteiger partial charge is 0.360 e. The van der Waals surface area contributed by atoms with Crippen LogP contribution in [-0.4, -0.2) is 38.7 Å². The third kappa shape index (κ3) is 3.84. The summed E-state index contributed by atoms with van der Waals surface area (Å²) in [6.07, 6.45) is 5.13. The summed E-state index contributed by atoms with van der Waals surface area (Å²) >= 11 is 0. The minimum atomic E-state index is -0.555. The molecule has 1 unspecified atom stereocenters. The van der Waals surface area contributed by atoms with Gasteiger partial charge in [0.1, 0.15) is 17.1 Å². The van der Waals surface area contributed by atoms with Crippen molar-refractivity contribution in [2.45, 2.75) is 19.8 Å². The molecule has 0 aliphatic carbocycles. The number of carbonyl (C=O) groups is 1. The van der Waals surface area contributed by atoms with Gasteiger partial charge in [-0.25, -0.2) is 9.78 Å². The van der Waals surface area contributed by atoms with Gasteiger partial charge in [-0.05, 0) is 44.0 Å². The molecule has 0 bridgehead atoms. The van der Waals surface area contributed by atoms with Crippen molar-refractivity contribution in [3.8, 4) is 5.82 Å². The van der Waals surface area contributed by atoms with Gasteiger partial charge in [0, 0.05) is 30.9 Å². The standard InChI is InChI=1S/C23H22N6O3/c1-15-24-10-12-29(15)21-9-8-20(26-27-21)28-11-4-6-17(14-28)22(30)25-18-13-16-5-2-3-7-19(16)32-23(18)31/h2-3,5,7-10,12-13,17H,4,6,11,14H2,1H3,(H,25,30). The van der Waals surface area contributed by atoms with Gasteiger partial charge in [-0.2, -0.15) is 0 Å². The third-order valence-corrected chi connectivity index (χ3v) is 5.72. The lowest BCUT2D eigenvalue weighted by molar-refractivity contribution is -0.120. The predicted octanol–water partition coefficient (Wildman–Crippen LogP) is 2.93. The van der Waals surface area contributed by atoms with Crippen LogP contribution in [0.1, 0.15) is 18.7 Å².